The van der Waals surface area contributed by atoms with Gasteiger partial charge in [-0.05, 0) is 44.0 Å². The minimum atomic E-state index is -1.76. The van der Waals surface area contributed by atoms with E-state index >= 15 is 0 Å². The molecule has 0 saturated heterocycles. The lowest BCUT2D eigenvalue weighted by Crippen LogP contribution is -2.12. The topological polar surface area (TPSA) is 17.1 Å². The lowest BCUT2D eigenvalue weighted by molar-refractivity contribution is -0.116. The molecule has 1 aromatic rings. The van der Waals surface area contributed by atoms with Crippen LogP contribution in [-0.4, -0.2) is 5.78 Å². The van der Waals surface area contributed by atoms with Crippen molar-refractivity contribution in [3.63, 3.8) is 0 Å². The van der Waals surface area contributed by atoms with Crippen LogP contribution in [0.15, 0.2) is 12.1 Å². The van der Waals surface area contributed by atoms with E-state index < -0.39 is 17.3 Å². The Kier molecular flexibility index (Phi) is 3.41. The highest BCUT2D eigenvalue weighted by Gasteiger charge is 2.23. The molecular weight excluding hydrogens is 217 g/mol. The second-order valence-corrected chi connectivity index (χ2v) is 4.28. The van der Waals surface area contributed by atoms with Gasteiger partial charge in [-0.2, -0.15) is 0 Å². The van der Waals surface area contributed by atoms with Gasteiger partial charge in [0.25, 0.3) is 0 Å². The molecule has 16 heavy (non-hydrogen) atoms. The normalized spacial score (nSPS) is 11.6. The number of Topliss-reactive ketones (excluding diaryl/α,β-unsaturated/α-hetero) is 1. The Labute approximate surface area is 92.3 Å². The van der Waals surface area contributed by atoms with Gasteiger partial charge in [-0.1, -0.05) is 0 Å². The molecule has 0 atom stereocenters. The molecule has 0 amide bonds. The summed E-state index contributed by atoms with van der Waals surface area (Å²) >= 11 is 0. The third kappa shape index (κ3) is 2.84. The van der Waals surface area contributed by atoms with Crippen LogP contribution in [0.4, 0.5) is 13.2 Å². The molecule has 0 aromatic heterocycles. The van der Waals surface area contributed by atoms with Crippen LogP contribution in [0, 0.1) is 11.6 Å². The van der Waals surface area contributed by atoms with Gasteiger partial charge < -0.3 is 0 Å². The zero-order valence-corrected chi connectivity index (χ0v) is 9.40. The number of rotatable bonds is 3. The Morgan fingerprint density at radius 2 is 1.88 bits per heavy atom. The number of hydrogen-bond acceptors (Lipinski definition) is 1. The fourth-order valence-corrected chi connectivity index (χ4v) is 1.39. The van der Waals surface area contributed by atoms with Crippen LogP contribution in [0.25, 0.3) is 0 Å². The highest BCUT2D eigenvalue weighted by atomic mass is 19.2. The summed E-state index contributed by atoms with van der Waals surface area (Å²) in [5, 5.41) is 0. The highest BCUT2D eigenvalue weighted by molar-refractivity contribution is 5.78. The predicted octanol–water partition coefficient (Wildman–Crippen LogP) is 3.30. The average Bonchev–Trinajstić information content (AvgIpc) is 2.10. The second kappa shape index (κ2) is 4.28. The monoisotopic (exact) mass is 230 g/mol. The largest absolute Gasteiger partial charge is 0.300 e. The van der Waals surface area contributed by atoms with Crippen LogP contribution < -0.4 is 0 Å². The third-order valence-electron chi connectivity index (χ3n) is 2.23. The summed E-state index contributed by atoms with van der Waals surface area (Å²) in [5.74, 6) is -2.50. The van der Waals surface area contributed by atoms with Gasteiger partial charge >= 0.3 is 0 Å². The lowest BCUT2D eigenvalue weighted by Gasteiger charge is -2.16. The molecule has 0 spiro atoms. The van der Waals surface area contributed by atoms with Crippen molar-refractivity contribution in [3.05, 3.63) is 34.9 Å². The summed E-state index contributed by atoms with van der Waals surface area (Å²) in [4.78, 5) is 10.9. The van der Waals surface area contributed by atoms with Gasteiger partial charge in [-0.25, -0.2) is 13.2 Å². The Bertz CT molecular complexity index is 419. The van der Waals surface area contributed by atoms with E-state index in [0.717, 1.165) is 6.07 Å². The van der Waals surface area contributed by atoms with Crippen molar-refractivity contribution in [1.29, 1.82) is 0 Å². The quantitative estimate of drug-likeness (QED) is 0.778. The van der Waals surface area contributed by atoms with Crippen LogP contribution in [-0.2, 0) is 16.9 Å². The first-order valence-corrected chi connectivity index (χ1v) is 4.88. The molecule has 88 valence electrons. The SMILES string of the molecule is CC(=O)Cc1cc(C(C)(C)F)cc(F)c1F. The van der Waals surface area contributed by atoms with Gasteiger partial charge in [0.2, 0.25) is 0 Å². The van der Waals surface area contributed by atoms with Gasteiger partial charge in [-0.15, -0.1) is 0 Å². The molecule has 0 bridgehead atoms. The zero-order chi connectivity index (χ0) is 12.5. The Hall–Kier alpha value is -1.32. The second-order valence-electron chi connectivity index (χ2n) is 4.28. The molecule has 1 nitrogen and oxygen atoms in total. The first-order valence-electron chi connectivity index (χ1n) is 4.88. The Balaban J connectivity index is 3.27. The maximum Gasteiger partial charge on any atom is 0.162 e. The standard InChI is InChI=1S/C12H13F3O/c1-7(16)4-8-5-9(12(2,3)15)6-10(13)11(8)14/h5-6H,4H2,1-3H3. The molecular formula is C12H13F3O. The van der Waals surface area contributed by atoms with E-state index in [1.807, 2.05) is 0 Å². The fraction of sp³-hybridized carbons (Fsp3) is 0.417. The number of benzene rings is 1. The molecule has 0 aliphatic heterocycles. The van der Waals surface area contributed by atoms with E-state index in [1.54, 1.807) is 0 Å². The molecule has 0 N–H and O–H groups in total. The lowest BCUT2D eigenvalue weighted by atomic mass is 9.96. The van der Waals surface area contributed by atoms with Gasteiger partial charge in [0.05, 0.1) is 0 Å². The number of carbonyl (C=O) groups is 1. The third-order valence-corrected chi connectivity index (χ3v) is 2.23. The number of ketones is 1. The molecule has 4 heteroatoms. The van der Waals surface area contributed by atoms with E-state index in [-0.39, 0.29) is 23.3 Å². The first kappa shape index (κ1) is 12.7. The van der Waals surface area contributed by atoms with Gasteiger partial charge in [0.1, 0.15) is 11.5 Å². The molecule has 1 aromatic carbocycles. The number of halogens is 3. The van der Waals surface area contributed by atoms with E-state index in [2.05, 4.69) is 0 Å². The number of alkyl halides is 1. The minimum absolute atomic E-state index is 0.0302. The summed E-state index contributed by atoms with van der Waals surface area (Å²) in [6.45, 7) is 3.76. The summed E-state index contributed by atoms with van der Waals surface area (Å²) in [6.07, 6.45) is -0.229. The molecule has 0 fully saturated rings. The number of hydrogen-bond donors (Lipinski definition) is 0. The van der Waals surface area contributed by atoms with Crippen LogP contribution in [0.1, 0.15) is 31.9 Å². The van der Waals surface area contributed by atoms with E-state index in [9.17, 15) is 18.0 Å². The van der Waals surface area contributed by atoms with Gasteiger partial charge in [0.15, 0.2) is 11.6 Å². The van der Waals surface area contributed by atoms with Crippen molar-refractivity contribution < 1.29 is 18.0 Å². The van der Waals surface area contributed by atoms with Crippen molar-refractivity contribution in [2.45, 2.75) is 32.9 Å². The average molecular weight is 230 g/mol. The highest BCUT2D eigenvalue weighted by Crippen LogP contribution is 2.28. The van der Waals surface area contributed by atoms with Crippen LogP contribution in [0.3, 0.4) is 0 Å². The van der Waals surface area contributed by atoms with Gasteiger partial charge in [-0.3, -0.25) is 4.79 Å². The smallest absolute Gasteiger partial charge is 0.162 e. The predicted molar refractivity (Wildman–Crippen MR) is 54.9 cm³/mol. The van der Waals surface area contributed by atoms with Crippen molar-refractivity contribution in [1.82, 2.24) is 0 Å². The van der Waals surface area contributed by atoms with Crippen molar-refractivity contribution >= 4 is 5.78 Å². The maximum absolute atomic E-state index is 13.6. The van der Waals surface area contributed by atoms with Gasteiger partial charge in [0, 0.05) is 6.42 Å². The summed E-state index contributed by atoms with van der Waals surface area (Å²) in [6, 6.07) is 2.01. The van der Waals surface area contributed by atoms with Crippen LogP contribution in [0.2, 0.25) is 0 Å². The van der Waals surface area contributed by atoms with E-state index in [1.165, 1.54) is 26.8 Å². The Morgan fingerprint density at radius 1 is 1.31 bits per heavy atom. The maximum atomic E-state index is 13.6. The zero-order valence-electron chi connectivity index (χ0n) is 9.40. The molecule has 0 radical (unpaired) electrons. The molecule has 0 heterocycles. The summed E-state index contributed by atoms with van der Waals surface area (Å²) in [5.41, 5.74) is -1.84. The van der Waals surface area contributed by atoms with Crippen molar-refractivity contribution in [3.8, 4) is 0 Å². The van der Waals surface area contributed by atoms with Crippen LogP contribution >= 0.6 is 0 Å². The fourth-order valence-electron chi connectivity index (χ4n) is 1.39. The molecule has 0 aliphatic carbocycles. The first-order chi connectivity index (χ1) is 7.21. The molecule has 0 saturated carbocycles. The van der Waals surface area contributed by atoms with E-state index in [0.29, 0.717) is 0 Å². The van der Waals surface area contributed by atoms with Crippen molar-refractivity contribution in [2.24, 2.45) is 0 Å². The van der Waals surface area contributed by atoms with Crippen LogP contribution in [0.5, 0.6) is 0 Å². The van der Waals surface area contributed by atoms with Crippen molar-refractivity contribution in [2.75, 3.05) is 0 Å². The molecule has 1 rings (SSSR count). The minimum Gasteiger partial charge on any atom is -0.300 e. The molecule has 0 unspecified atom stereocenters. The summed E-state index contributed by atoms with van der Waals surface area (Å²) in [7, 11) is 0. The van der Waals surface area contributed by atoms with E-state index in [4.69, 9.17) is 0 Å². The number of carbonyl (C=O) groups excluding carboxylic acids is 1. The Morgan fingerprint density at radius 3 is 2.31 bits per heavy atom. The summed E-state index contributed by atoms with van der Waals surface area (Å²) < 4.78 is 40.0. The molecule has 0 aliphatic rings.